The van der Waals surface area contributed by atoms with Gasteiger partial charge in [-0.15, -0.1) is 0 Å². The van der Waals surface area contributed by atoms with Gasteiger partial charge in [0.1, 0.15) is 7.85 Å². The van der Waals surface area contributed by atoms with Gasteiger partial charge in [-0.05, 0) is 16.8 Å². The predicted octanol–water partition coefficient (Wildman–Crippen LogP) is 5.42. The van der Waals surface area contributed by atoms with Gasteiger partial charge in [0.05, 0.1) is 11.4 Å². The zero-order valence-electron chi connectivity index (χ0n) is 15.8. The Morgan fingerprint density at radius 1 is 0.517 bits per heavy atom. The molecule has 0 spiro atoms. The molecule has 134 valence electrons. The van der Waals surface area contributed by atoms with E-state index in [2.05, 4.69) is 30.3 Å². The second-order valence-electron chi connectivity index (χ2n) is 6.94. The fraction of sp³-hybridized carbons (Fsp3) is 0. The summed E-state index contributed by atoms with van der Waals surface area (Å²) < 4.78 is 0. The smallest absolute Gasteiger partial charge is 0.161 e. The van der Waals surface area contributed by atoms with Gasteiger partial charge in [0.15, 0.2) is 5.82 Å². The van der Waals surface area contributed by atoms with Crippen molar-refractivity contribution in [2.45, 2.75) is 0 Å². The number of aromatic nitrogens is 2. The van der Waals surface area contributed by atoms with Crippen molar-refractivity contribution < 1.29 is 0 Å². The molecule has 1 heterocycles. The third-order valence-corrected chi connectivity index (χ3v) is 5.06. The molecule has 2 nitrogen and oxygen atoms in total. The molecule has 0 aliphatic heterocycles. The molecule has 2 radical (unpaired) electrons. The minimum atomic E-state index is 0.696. The highest BCUT2D eigenvalue weighted by atomic mass is 14.9. The van der Waals surface area contributed by atoms with Crippen LogP contribution in [-0.2, 0) is 0 Å². The number of rotatable bonds is 3. The van der Waals surface area contributed by atoms with E-state index in [4.69, 9.17) is 17.8 Å². The molecule has 0 bridgehead atoms. The molecule has 0 unspecified atom stereocenters. The van der Waals surface area contributed by atoms with E-state index in [1.165, 1.54) is 0 Å². The molecule has 3 heteroatoms. The Kier molecular flexibility index (Phi) is 4.42. The molecule has 0 fully saturated rings. The second kappa shape index (κ2) is 7.36. The van der Waals surface area contributed by atoms with Gasteiger partial charge in [-0.3, -0.25) is 0 Å². The largest absolute Gasteiger partial charge is 0.228 e. The number of hydrogen-bond donors (Lipinski definition) is 0. The normalized spacial score (nSPS) is 10.9. The van der Waals surface area contributed by atoms with E-state index in [-0.39, 0.29) is 0 Å². The van der Waals surface area contributed by atoms with E-state index in [1.807, 2.05) is 72.8 Å². The molecule has 4 aromatic carbocycles. The zero-order valence-corrected chi connectivity index (χ0v) is 15.8. The average Bonchev–Trinajstić information content (AvgIpc) is 2.80. The molecule has 0 aliphatic carbocycles. The van der Waals surface area contributed by atoms with Crippen LogP contribution in [0.4, 0.5) is 0 Å². The number of fused-ring (bicyclic) bond motifs is 1. The van der Waals surface area contributed by atoms with Crippen molar-refractivity contribution >= 4 is 24.1 Å². The Morgan fingerprint density at radius 3 is 1.62 bits per heavy atom. The highest BCUT2D eigenvalue weighted by Gasteiger charge is 2.13. The molecule has 0 aliphatic rings. The van der Waals surface area contributed by atoms with Crippen molar-refractivity contribution in [1.82, 2.24) is 9.97 Å². The first-order valence-corrected chi connectivity index (χ1v) is 9.57. The topological polar surface area (TPSA) is 25.8 Å². The second-order valence-corrected chi connectivity index (χ2v) is 6.94. The predicted molar refractivity (Wildman–Crippen MR) is 121 cm³/mol. The van der Waals surface area contributed by atoms with Gasteiger partial charge >= 0.3 is 0 Å². The quantitative estimate of drug-likeness (QED) is 0.397. The minimum absolute atomic E-state index is 0.696. The summed E-state index contributed by atoms with van der Waals surface area (Å²) >= 11 is 0. The lowest BCUT2D eigenvalue weighted by atomic mass is 9.88. The van der Waals surface area contributed by atoms with Crippen LogP contribution >= 0.6 is 0 Å². The van der Waals surface area contributed by atoms with Crippen LogP contribution in [-0.4, -0.2) is 17.8 Å². The van der Waals surface area contributed by atoms with Crippen LogP contribution in [0.25, 0.3) is 44.7 Å². The van der Waals surface area contributed by atoms with E-state index < -0.39 is 0 Å². The Morgan fingerprint density at radius 2 is 1.03 bits per heavy atom. The SMILES string of the molecule is [B]c1ccc(-c2nc(-c3ccccc3)cc(-c3ccccc3)n2)c2ccccc12. The highest BCUT2D eigenvalue weighted by Crippen LogP contribution is 2.30. The van der Waals surface area contributed by atoms with E-state index in [0.29, 0.717) is 5.82 Å². The van der Waals surface area contributed by atoms with Gasteiger partial charge in [-0.25, -0.2) is 9.97 Å². The average molecular weight is 368 g/mol. The maximum absolute atomic E-state index is 6.20. The lowest BCUT2D eigenvalue weighted by Crippen LogP contribution is -2.05. The summed E-state index contributed by atoms with van der Waals surface area (Å²) in [4.78, 5) is 9.85. The molecule has 5 aromatic rings. The summed E-state index contributed by atoms with van der Waals surface area (Å²) in [5.41, 5.74) is 5.66. The third-order valence-electron chi connectivity index (χ3n) is 5.06. The summed E-state index contributed by atoms with van der Waals surface area (Å²) in [5, 5.41) is 2.07. The minimum Gasteiger partial charge on any atom is -0.228 e. The van der Waals surface area contributed by atoms with Gasteiger partial charge in [0.2, 0.25) is 0 Å². The van der Waals surface area contributed by atoms with Crippen molar-refractivity contribution in [3.05, 3.63) is 103 Å². The standard InChI is InChI=1S/C26H17BN2/c27-23-16-15-22(20-13-7-8-14-21(20)23)26-28-24(18-9-3-1-4-10-18)17-25(29-26)19-11-5-2-6-12-19/h1-17H. The first-order valence-electron chi connectivity index (χ1n) is 9.57. The molecular weight excluding hydrogens is 351 g/mol. The van der Waals surface area contributed by atoms with Crippen molar-refractivity contribution in [2.24, 2.45) is 0 Å². The summed E-state index contributed by atoms with van der Waals surface area (Å²) in [7, 11) is 6.20. The van der Waals surface area contributed by atoms with Gasteiger partial charge in [-0.2, -0.15) is 0 Å². The first kappa shape index (κ1) is 17.4. The Labute approximate surface area is 171 Å². The highest BCUT2D eigenvalue weighted by molar-refractivity contribution is 6.39. The van der Waals surface area contributed by atoms with E-state index in [1.54, 1.807) is 0 Å². The van der Waals surface area contributed by atoms with Crippen LogP contribution in [0, 0.1) is 0 Å². The molecule has 0 saturated carbocycles. The monoisotopic (exact) mass is 368 g/mol. The van der Waals surface area contributed by atoms with Crippen molar-refractivity contribution in [1.29, 1.82) is 0 Å². The fourth-order valence-corrected chi connectivity index (χ4v) is 3.60. The maximum Gasteiger partial charge on any atom is 0.161 e. The number of benzene rings is 4. The molecule has 0 N–H and O–H groups in total. The lowest BCUT2D eigenvalue weighted by molar-refractivity contribution is 1.19. The fourth-order valence-electron chi connectivity index (χ4n) is 3.60. The summed E-state index contributed by atoms with van der Waals surface area (Å²) in [6.45, 7) is 0. The molecule has 5 rings (SSSR count). The summed E-state index contributed by atoms with van der Waals surface area (Å²) in [6, 6.07) is 34.5. The summed E-state index contributed by atoms with van der Waals surface area (Å²) in [6.07, 6.45) is 0. The van der Waals surface area contributed by atoms with Crippen LogP contribution in [0.2, 0.25) is 0 Å². The van der Waals surface area contributed by atoms with Gasteiger partial charge < -0.3 is 0 Å². The third kappa shape index (κ3) is 3.32. The van der Waals surface area contributed by atoms with Crippen LogP contribution in [0.15, 0.2) is 103 Å². The van der Waals surface area contributed by atoms with Crippen molar-refractivity contribution in [2.75, 3.05) is 0 Å². The molecule has 1 aromatic heterocycles. The summed E-state index contributed by atoms with van der Waals surface area (Å²) in [5.74, 6) is 0.696. The van der Waals surface area contributed by atoms with Gasteiger partial charge in [0.25, 0.3) is 0 Å². The molecular formula is C26H17BN2. The lowest BCUT2D eigenvalue weighted by Gasteiger charge is -2.12. The zero-order chi connectivity index (χ0) is 19.6. The maximum atomic E-state index is 6.20. The molecule has 0 amide bonds. The van der Waals surface area contributed by atoms with Crippen molar-refractivity contribution in [3.63, 3.8) is 0 Å². The van der Waals surface area contributed by atoms with Crippen LogP contribution < -0.4 is 5.46 Å². The van der Waals surface area contributed by atoms with E-state index in [9.17, 15) is 0 Å². The Balaban J connectivity index is 1.79. The van der Waals surface area contributed by atoms with Crippen molar-refractivity contribution in [3.8, 4) is 33.9 Å². The Hall–Kier alpha value is -3.72. The molecule has 0 saturated heterocycles. The first-order chi connectivity index (χ1) is 14.3. The number of nitrogens with zero attached hydrogens (tertiary/aromatic N) is 2. The molecule has 29 heavy (non-hydrogen) atoms. The van der Waals surface area contributed by atoms with Gasteiger partial charge in [0, 0.05) is 16.7 Å². The van der Waals surface area contributed by atoms with Crippen LogP contribution in [0.3, 0.4) is 0 Å². The van der Waals surface area contributed by atoms with E-state index >= 15 is 0 Å². The molecule has 0 atom stereocenters. The Bertz CT molecular complexity index is 1240. The number of hydrogen-bond acceptors (Lipinski definition) is 2. The van der Waals surface area contributed by atoms with E-state index in [0.717, 1.165) is 44.3 Å². The van der Waals surface area contributed by atoms with Crippen LogP contribution in [0.5, 0.6) is 0 Å². The van der Waals surface area contributed by atoms with Gasteiger partial charge in [-0.1, -0.05) is 103 Å². The van der Waals surface area contributed by atoms with Crippen LogP contribution in [0.1, 0.15) is 0 Å².